The monoisotopic (exact) mass is 326 g/mol. The van der Waals surface area contributed by atoms with Crippen molar-refractivity contribution < 1.29 is 0 Å². The van der Waals surface area contributed by atoms with Gasteiger partial charge in [0.15, 0.2) is 0 Å². The molecule has 0 saturated heterocycles. The largest absolute Gasteiger partial charge is 0.347 e. The van der Waals surface area contributed by atoms with Gasteiger partial charge in [0.05, 0.1) is 12.7 Å². The fourth-order valence-corrected chi connectivity index (χ4v) is 3.06. The van der Waals surface area contributed by atoms with Gasteiger partial charge in [-0.1, -0.05) is 12.5 Å². The fraction of sp³-hybridized carbons (Fsp3) is 0.529. The molecule has 0 spiro atoms. The Bertz CT molecular complexity index is 758. The molecule has 0 fully saturated rings. The summed E-state index contributed by atoms with van der Waals surface area (Å²) in [5, 5.41) is 13.4. The molecule has 0 radical (unpaired) electrons. The molecule has 24 heavy (non-hydrogen) atoms. The molecule has 1 aliphatic heterocycles. The lowest BCUT2D eigenvalue weighted by Gasteiger charge is -2.20. The van der Waals surface area contributed by atoms with Gasteiger partial charge in [0.2, 0.25) is 0 Å². The Labute approximate surface area is 141 Å². The van der Waals surface area contributed by atoms with Gasteiger partial charge in [-0.25, -0.2) is 4.79 Å². The number of hydrogen-bond donors (Lipinski definition) is 0. The maximum absolute atomic E-state index is 12.6. The number of nitrogens with zero attached hydrogens (tertiary/aromatic N) is 6. The van der Waals surface area contributed by atoms with E-state index in [1.165, 1.54) is 4.68 Å². The van der Waals surface area contributed by atoms with E-state index < -0.39 is 0 Å². The number of fused-ring (bicyclic) bond motifs is 1. The van der Waals surface area contributed by atoms with Crippen molar-refractivity contribution in [3.8, 4) is 6.07 Å². The van der Waals surface area contributed by atoms with E-state index in [2.05, 4.69) is 21.1 Å². The van der Waals surface area contributed by atoms with Crippen LogP contribution >= 0.6 is 0 Å². The summed E-state index contributed by atoms with van der Waals surface area (Å²) in [6.07, 6.45) is 8.10. The molecule has 0 atom stereocenters. The van der Waals surface area contributed by atoms with E-state index in [9.17, 15) is 4.79 Å². The van der Waals surface area contributed by atoms with Gasteiger partial charge in [0.1, 0.15) is 5.82 Å². The molecule has 2 aromatic heterocycles. The summed E-state index contributed by atoms with van der Waals surface area (Å²) in [6.45, 7) is 2.40. The first-order chi connectivity index (χ1) is 11.8. The van der Waals surface area contributed by atoms with E-state index >= 15 is 0 Å². The summed E-state index contributed by atoms with van der Waals surface area (Å²) in [5.74, 6) is 0.888. The average molecular weight is 326 g/mol. The van der Waals surface area contributed by atoms with Crippen LogP contribution in [0, 0.1) is 11.3 Å². The van der Waals surface area contributed by atoms with E-state index in [-0.39, 0.29) is 5.69 Å². The second-order valence-corrected chi connectivity index (χ2v) is 6.12. The minimum absolute atomic E-state index is 0.0416. The van der Waals surface area contributed by atoms with Crippen LogP contribution in [0.4, 0.5) is 0 Å². The van der Waals surface area contributed by atoms with Crippen molar-refractivity contribution in [1.82, 2.24) is 24.2 Å². The molecule has 7 nitrogen and oxygen atoms in total. The topological polar surface area (TPSA) is 79.7 Å². The highest BCUT2D eigenvalue weighted by atomic mass is 16.2. The Kier molecular flexibility index (Phi) is 5.39. The van der Waals surface area contributed by atoms with Crippen LogP contribution in [0.2, 0.25) is 0 Å². The number of hydrogen-bond acceptors (Lipinski definition) is 5. The number of nitriles is 1. The van der Waals surface area contributed by atoms with Crippen molar-refractivity contribution in [2.45, 2.75) is 51.9 Å². The average Bonchev–Trinajstić information content (AvgIpc) is 2.77. The van der Waals surface area contributed by atoms with Gasteiger partial charge in [0.25, 0.3) is 0 Å². The third-order valence-electron chi connectivity index (χ3n) is 4.28. The molecule has 0 bridgehead atoms. The molecule has 0 N–H and O–H groups in total. The molecule has 1 aliphatic rings. The van der Waals surface area contributed by atoms with Crippen LogP contribution in [0.5, 0.6) is 0 Å². The van der Waals surface area contributed by atoms with E-state index in [1.54, 1.807) is 10.8 Å². The quantitative estimate of drug-likeness (QED) is 0.804. The summed E-state index contributed by atoms with van der Waals surface area (Å²) in [5.41, 5.74) is 1.02. The third kappa shape index (κ3) is 3.89. The first kappa shape index (κ1) is 16.4. The van der Waals surface area contributed by atoms with Crippen molar-refractivity contribution in [3.05, 3.63) is 46.4 Å². The van der Waals surface area contributed by atoms with Gasteiger partial charge in [-0.05, 0) is 24.5 Å². The molecule has 0 amide bonds. The van der Waals surface area contributed by atoms with Gasteiger partial charge in [-0.2, -0.15) is 15.0 Å². The third-order valence-corrected chi connectivity index (χ3v) is 4.28. The Morgan fingerprint density at radius 3 is 3.04 bits per heavy atom. The zero-order chi connectivity index (χ0) is 16.8. The van der Waals surface area contributed by atoms with Crippen LogP contribution in [0.1, 0.15) is 37.1 Å². The molecule has 7 heteroatoms. The minimum atomic E-state index is -0.0416. The summed E-state index contributed by atoms with van der Waals surface area (Å²) in [7, 11) is 0. The molecule has 0 unspecified atom stereocenters. The van der Waals surface area contributed by atoms with Crippen molar-refractivity contribution in [2.75, 3.05) is 6.54 Å². The van der Waals surface area contributed by atoms with Crippen molar-refractivity contribution in [1.29, 1.82) is 5.26 Å². The van der Waals surface area contributed by atoms with Gasteiger partial charge in [-0.3, -0.25) is 14.5 Å². The zero-order valence-corrected chi connectivity index (χ0v) is 13.8. The second-order valence-electron chi connectivity index (χ2n) is 6.12. The lowest BCUT2D eigenvalue weighted by Crippen LogP contribution is -2.34. The maximum atomic E-state index is 12.6. The van der Waals surface area contributed by atoms with Crippen LogP contribution in [-0.2, 0) is 26.2 Å². The highest BCUT2D eigenvalue weighted by Gasteiger charge is 2.17. The number of rotatable bonds is 6. The summed E-state index contributed by atoms with van der Waals surface area (Å²) in [6, 6.07) is 6.06. The first-order valence-electron chi connectivity index (χ1n) is 8.42. The smallest absolute Gasteiger partial charge is 0.279 e. The summed E-state index contributed by atoms with van der Waals surface area (Å²) >= 11 is 0. The molecular formula is C17H22N6O. The molecule has 0 aromatic carbocycles. The van der Waals surface area contributed by atoms with Crippen LogP contribution in [0.25, 0.3) is 0 Å². The van der Waals surface area contributed by atoms with Gasteiger partial charge in [0, 0.05) is 44.9 Å². The van der Waals surface area contributed by atoms with E-state index in [4.69, 9.17) is 5.26 Å². The summed E-state index contributed by atoms with van der Waals surface area (Å²) in [4.78, 5) is 18.8. The van der Waals surface area contributed by atoms with Crippen LogP contribution in [0.3, 0.4) is 0 Å². The van der Waals surface area contributed by atoms with E-state index in [0.717, 1.165) is 43.6 Å². The summed E-state index contributed by atoms with van der Waals surface area (Å²) < 4.78 is 3.34. The van der Waals surface area contributed by atoms with Gasteiger partial charge in [-0.15, -0.1) is 0 Å². The Morgan fingerprint density at radius 2 is 2.25 bits per heavy atom. The molecule has 0 saturated carbocycles. The van der Waals surface area contributed by atoms with Crippen LogP contribution in [-0.4, -0.2) is 30.8 Å². The molecule has 126 valence electrons. The normalized spacial score (nSPS) is 14.2. The molecule has 3 heterocycles. The maximum Gasteiger partial charge on any atom is 0.347 e. The number of pyridine rings is 1. The Hall–Kier alpha value is -2.46. The van der Waals surface area contributed by atoms with Crippen molar-refractivity contribution in [3.63, 3.8) is 0 Å². The van der Waals surface area contributed by atoms with E-state index in [1.807, 2.05) is 18.3 Å². The minimum Gasteiger partial charge on any atom is -0.279 e. The second kappa shape index (κ2) is 7.88. The van der Waals surface area contributed by atoms with Crippen molar-refractivity contribution in [2.24, 2.45) is 0 Å². The highest BCUT2D eigenvalue weighted by Crippen LogP contribution is 2.11. The van der Waals surface area contributed by atoms with Gasteiger partial charge < -0.3 is 0 Å². The molecule has 0 aliphatic carbocycles. The predicted octanol–water partition coefficient (Wildman–Crippen LogP) is 1.54. The van der Waals surface area contributed by atoms with Crippen LogP contribution < -0.4 is 5.69 Å². The number of aromatic nitrogens is 4. The SMILES string of the molecule is N#CCCN(Cc1cccnc1)Cn1nc2n(c1=O)CCCCC2. The molecule has 3 rings (SSSR count). The Morgan fingerprint density at radius 1 is 1.33 bits per heavy atom. The number of aryl methyl sites for hydroxylation is 1. The zero-order valence-electron chi connectivity index (χ0n) is 13.8. The Balaban J connectivity index is 1.77. The lowest BCUT2D eigenvalue weighted by atomic mass is 10.2. The fourth-order valence-electron chi connectivity index (χ4n) is 3.06. The van der Waals surface area contributed by atoms with E-state index in [0.29, 0.717) is 26.2 Å². The predicted molar refractivity (Wildman–Crippen MR) is 88.9 cm³/mol. The molecule has 2 aromatic rings. The molecular weight excluding hydrogens is 304 g/mol. The van der Waals surface area contributed by atoms with Crippen molar-refractivity contribution >= 4 is 0 Å². The standard InChI is InChI=1S/C17H22N6O/c18-8-5-10-21(13-15-6-4-9-19-12-15)14-23-17(24)22-11-3-1-2-7-16(22)20-23/h4,6,9,12H,1-3,5,7,10-11,13-14H2. The first-order valence-corrected chi connectivity index (χ1v) is 8.42. The highest BCUT2D eigenvalue weighted by molar-refractivity contribution is 5.08. The lowest BCUT2D eigenvalue weighted by molar-refractivity contribution is 0.198. The van der Waals surface area contributed by atoms with Gasteiger partial charge >= 0.3 is 5.69 Å². The van der Waals surface area contributed by atoms with Crippen LogP contribution in [0.15, 0.2) is 29.3 Å².